The summed E-state index contributed by atoms with van der Waals surface area (Å²) in [5, 5.41) is 9.79. The fraction of sp³-hybridized carbons (Fsp3) is 0.455. The summed E-state index contributed by atoms with van der Waals surface area (Å²) in [5.74, 6) is 1.05. The fourth-order valence-corrected chi connectivity index (χ4v) is 1.96. The maximum Gasteiger partial charge on any atom is 0.126 e. The van der Waals surface area contributed by atoms with Gasteiger partial charge in [0.1, 0.15) is 11.5 Å². The molecule has 0 spiro atoms. The highest BCUT2D eigenvalue weighted by Crippen LogP contribution is 2.42. The van der Waals surface area contributed by atoms with Gasteiger partial charge in [-0.3, -0.25) is 0 Å². The molecule has 0 aliphatic carbocycles. The molecule has 1 aromatic rings. The number of hydrogen-bond acceptors (Lipinski definition) is 3. The van der Waals surface area contributed by atoms with E-state index in [1.54, 1.807) is 12.1 Å². The monoisotopic (exact) mass is 193 g/mol. The van der Waals surface area contributed by atoms with Crippen molar-refractivity contribution in [2.24, 2.45) is 5.73 Å². The molecular weight excluding hydrogens is 178 g/mol. The number of ether oxygens (including phenoxy) is 1. The van der Waals surface area contributed by atoms with Gasteiger partial charge in [0.05, 0.1) is 6.61 Å². The standard InChI is InChI=1S/C11H15NO2/c1-11(7-12)5-6-14-9-4-2-3-8(13)10(9)11/h2-4,13H,5-7,12H2,1H3. The van der Waals surface area contributed by atoms with E-state index in [9.17, 15) is 5.11 Å². The average Bonchev–Trinajstić information content (AvgIpc) is 2.18. The maximum absolute atomic E-state index is 9.79. The molecule has 0 amide bonds. The molecule has 0 saturated heterocycles. The third-order valence-corrected chi connectivity index (χ3v) is 2.97. The second-order valence-electron chi connectivity index (χ2n) is 4.01. The first-order chi connectivity index (χ1) is 6.67. The van der Waals surface area contributed by atoms with Crippen LogP contribution in [0.1, 0.15) is 18.9 Å². The first-order valence-electron chi connectivity index (χ1n) is 4.83. The summed E-state index contributed by atoms with van der Waals surface area (Å²) in [4.78, 5) is 0. The fourth-order valence-electron chi connectivity index (χ4n) is 1.96. The predicted octanol–water partition coefficient (Wildman–Crippen LogP) is 1.39. The Bertz CT molecular complexity index is 351. The van der Waals surface area contributed by atoms with Gasteiger partial charge in [-0.2, -0.15) is 0 Å². The van der Waals surface area contributed by atoms with Gasteiger partial charge in [0.15, 0.2) is 0 Å². The molecule has 1 heterocycles. The van der Waals surface area contributed by atoms with Crippen LogP contribution in [0.2, 0.25) is 0 Å². The molecule has 14 heavy (non-hydrogen) atoms. The Morgan fingerprint density at radius 1 is 1.57 bits per heavy atom. The smallest absolute Gasteiger partial charge is 0.126 e. The SMILES string of the molecule is CC1(CN)CCOc2cccc(O)c21. The van der Waals surface area contributed by atoms with E-state index in [0.717, 1.165) is 17.7 Å². The number of phenolic OH excluding ortho intramolecular Hbond substituents is 1. The Morgan fingerprint density at radius 3 is 3.07 bits per heavy atom. The van der Waals surface area contributed by atoms with Crippen LogP contribution in [0.5, 0.6) is 11.5 Å². The van der Waals surface area contributed by atoms with E-state index < -0.39 is 0 Å². The van der Waals surface area contributed by atoms with Crippen LogP contribution in [-0.2, 0) is 5.41 Å². The number of nitrogens with two attached hydrogens (primary N) is 1. The molecule has 0 fully saturated rings. The highest BCUT2D eigenvalue weighted by molar-refractivity contribution is 5.50. The van der Waals surface area contributed by atoms with E-state index in [1.165, 1.54) is 0 Å². The van der Waals surface area contributed by atoms with Gasteiger partial charge in [-0.15, -0.1) is 0 Å². The first kappa shape index (κ1) is 9.34. The number of aromatic hydroxyl groups is 1. The van der Waals surface area contributed by atoms with Crippen molar-refractivity contribution in [3.05, 3.63) is 23.8 Å². The van der Waals surface area contributed by atoms with Crippen LogP contribution in [0, 0.1) is 0 Å². The largest absolute Gasteiger partial charge is 0.508 e. The van der Waals surface area contributed by atoms with Crippen LogP contribution >= 0.6 is 0 Å². The van der Waals surface area contributed by atoms with Crippen molar-refractivity contribution in [1.29, 1.82) is 0 Å². The lowest BCUT2D eigenvalue weighted by Crippen LogP contribution is -2.37. The van der Waals surface area contributed by atoms with Gasteiger partial charge in [-0.25, -0.2) is 0 Å². The molecule has 1 unspecified atom stereocenters. The molecule has 1 aliphatic heterocycles. The number of fused-ring (bicyclic) bond motifs is 1. The van der Waals surface area contributed by atoms with E-state index in [2.05, 4.69) is 6.92 Å². The summed E-state index contributed by atoms with van der Waals surface area (Å²) < 4.78 is 5.49. The van der Waals surface area contributed by atoms with Crippen LogP contribution in [0.3, 0.4) is 0 Å². The molecule has 3 N–H and O–H groups in total. The van der Waals surface area contributed by atoms with Crippen molar-refractivity contribution in [2.75, 3.05) is 13.2 Å². The van der Waals surface area contributed by atoms with Gasteiger partial charge >= 0.3 is 0 Å². The molecule has 1 atom stereocenters. The Balaban J connectivity index is 2.58. The molecule has 3 heteroatoms. The minimum Gasteiger partial charge on any atom is -0.508 e. The molecule has 0 aromatic heterocycles. The summed E-state index contributed by atoms with van der Waals surface area (Å²) in [6.45, 7) is 3.26. The predicted molar refractivity (Wildman–Crippen MR) is 54.6 cm³/mol. The average molecular weight is 193 g/mol. The van der Waals surface area contributed by atoms with Crippen LogP contribution in [0.15, 0.2) is 18.2 Å². The van der Waals surface area contributed by atoms with Crippen LogP contribution < -0.4 is 10.5 Å². The number of benzene rings is 1. The summed E-state index contributed by atoms with van der Waals surface area (Å²) in [6.07, 6.45) is 0.855. The van der Waals surface area contributed by atoms with Gasteiger partial charge in [-0.05, 0) is 18.6 Å². The van der Waals surface area contributed by atoms with Gasteiger partial charge in [0.25, 0.3) is 0 Å². The van der Waals surface area contributed by atoms with Crippen LogP contribution in [0.4, 0.5) is 0 Å². The quantitative estimate of drug-likeness (QED) is 0.708. The minimum atomic E-state index is -0.154. The molecule has 76 valence electrons. The van der Waals surface area contributed by atoms with Gasteiger partial charge in [-0.1, -0.05) is 13.0 Å². The molecular formula is C11H15NO2. The van der Waals surface area contributed by atoms with E-state index >= 15 is 0 Å². The molecule has 0 bridgehead atoms. The van der Waals surface area contributed by atoms with Crippen molar-refractivity contribution in [1.82, 2.24) is 0 Å². The number of rotatable bonds is 1. The normalized spacial score (nSPS) is 25.3. The van der Waals surface area contributed by atoms with E-state index in [0.29, 0.717) is 13.2 Å². The lowest BCUT2D eigenvalue weighted by molar-refractivity contribution is 0.222. The minimum absolute atomic E-state index is 0.154. The van der Waals surface area contributed by atoms with Crippen molar-refractivity contribution < 1.29 is 9.84 Å². The summed E-state index contributed by atoms with van der Waals surface area (Å²) >= 11 is 0. The zero-order valence-electron chi connectivity index (χ0n) is 8.29. The lowest BCUT2D eigenvalue weighted by Gasteiger charge is -2.35. The molecule has 0 radical (unpaired) electrons. The highest BCUT2D eigenvalue weighted by Gasteiger charge is 2.34. The molecule has 3 nitrogen and oxygen atoms in total. The Kier molecular flexibility index (Phi) is 2.11. The zero-order chi connectivity index (χ0) is 10.2. The summed E-state index contributed by atoms with van der Waals surface area (Å²) in [5.41, 5.74) is 6.46. The second kappa shape index (κ2) is 3.17. The lowest BCUT2D eigenvalue weighted by atomic mass is 9.77. The molecule has 1 aliphatic rings. The summed E-state index contributed by atoms with van der Waals surface area (Å²) in [6, 6.07) is 5.35. The van der Waals surface area contributed by atoms with Crippen molar-refractivity contribution >= 4 is 0 Å². The molecule has 0 saturated carbocycles. The van der Waals surface area contributed by atoms with Crippen molar-refractivity contribution in [2.45, 2.75) is 18.8 Å². The van der Waals surface area contributed by atoms with E-state index in [-0.39, 0.29) is 11.2 Å². The third-order valence-electron chi connectivity index (χ3n) is 2.97. The maximum atomic E-state index is 9.79. The van der Waals surface area contributed by atoms with Crippen molar-refractivity contribution in [3.63, 3.8) is 0 Å². The van der Waals surface area contributed by atoms with E-state index in [1.807, 2.05) is 6.07 Å². The third kappa shape index (κ3) is 1.24. The highest BCUT2D eigenvalue weighted by atomic mass is 16.5. The number of phenols is 1. The van der Waals surface area contributed by atoms with Crippen LogP contribution in [-0.4, -0.2) is 18.3 Å². The van der Waals surface area contributed by atoms with Crippen molar-refractivity contribution in [3.8, 4) is 11.5 Å². The Hall–Kier alpha value is -1.22. The number of hydrogen-bond donors (Lipinski definition) is 2. The van der Waals surface area contributed by atoms with Gasteiger partial charge in [0.2, 0.25) is 0 Å². The Morgan fingerprint density at radius 2 is 2.36 bits per heavy atom. The molecule has 2 rings (SSSR count). The Labute approximate surface area is 83.5 Å². The van der Waals surface area contributed by atoms with Gasteiger partial charge in [0, 0.05) is 17.5 Å². The van der Waals surface area contributed by atoms with Gasteiger partial charge < -0.3 is 15.6 Å². The van der Waals surface area contributed by atoms with Crippen LogP contribution in [0.25, 0.3) is 0 Å². The molecule has 1 aromatic carbocycles. The zero-order valence-corrected chi connectivity index (χ0v) is 8.29. The second-order valence-corrected chi connectivity index (χ2v) is 4.01. The topological polar surface area (TPSA) is 55.5 Å². The van der Waals surface area contributed by atoms with E-state index in [4.69, 9.17) is 10.5 Å². The first-order valence-corrected chi connectivity index (χ1v) is 4.83. The summed E-state index contributed by atoms with van der Waals surface area (Å²) in [7, 11) is 0.